The van der Waals surface area contributed by atoms with E-state index in [1.165, 1.54) is 12.4 Å². The number of hydrogen-bond donors (Lipinski definition) is 1. The van der Waals surface area contributed by atoms with Gasteiger partial charge >= 0.3 is 0 Å². The first kappa shape index (κ1) is 20.6. The highest BCUT2D eigenvalue weighted by Crippen LogP contribution is 2.31. The number of carbonyl (C=O) groups is 2. The third-order valence-corrected chi connectivity index (χ3v) is 5.44. The van der Waals surface area contributed by atoms with Crippen LogP contribution in [0.25, 0.3) is 0 Å². The van der Waals surface area contributed by atoms with Gasteiger partial charge in [-0.25, -0.2) is 0 Å². The summed E-state index contributed by atoms with van der Waals surface area (Å²) in [5, 5.41) is 10.5. The number of hydrogen-bond acceptors (Lipinski definition) is 6. The van der Waals surface area contributed by atoms with Crippen molar-refractivity contribution in [1.29, 1.82) is 0 Å². The summed E-state index contributed by atoms with van der Waals surface area (Å²) in [5.74, 6) is -0.178. The zero-order valence-corrected chi connectivity index (χ0v) is 17.3. The molecule has 31 heavy (non-hydrogen) atoms. The number of pyridine rings is 1. The van der Waals surface area contributed by atoms with Gasteiger partial charge in [0.25, 0.3) is 5.91 Å². The van der Waals surface area contributed by atoms with E-state index in [1.807, 2.05) is 48.7 Å². The lowest BCUT2D eigenvalue weighted by Gasteiger charge is -2.45. The molecule has 3 aromatic rings. The molecule has 1 saturated heterocycles. The van der Waals surface area contributed by atoms with Crippen molar-refractivity contribution in [1.82, 2.24) is 30.3 Å². The fraction of sp³-hybridized carbons (Fsp3) is 0.261. The van der Waals surface area contributed by atoms with E-state index < -0.39 is 6.04 Å². The average molecular weight is 416 g/mol. The lowest BCUT2D eigenvalue weighted by molar-refractivity contribution is -0.144. The molecule has 0 bridgehead atoms. The molecule has 1 aliphatic rings. The second-order valence-corrected chi connectivity index (χ2v) is 7.56. The summed E-state index contributed by atoms with van der Waals surface area (Å²) in [6, 6.07) is 14.7. The van der Waals surface area contributed by atoms with Crippen molar-refractivity contribution in [3.63, 3.8) is 0 Å². The van der Waals surface area contributed by atoms with Crippen LogP contribution in [0, 0.1) is 0 Å². The molecule has 0 aliphatic carbocycles. The molecule has 2 aromatic heterocycles. The number of rotatable bonds is 6. The van der Waals surface area contributed by atoms with Gasteiger partial charge in [0.15, 0.2) is 0 Å². The lowest BCUT2D eigenvalue weighted by atomic mass is 9.97. The van der Waals surface area contributed by atoms with Crippen molar-refractivity contribution in [2.75, 3.05) is 20.1 Å². The van der Waals surface area contributed by atoms with Gasteiger partial charge in [-0.1, -0.05) is 36.4 Å². The van der Waals surface area contributed by atoms with Gasteiger partial charge in [0.2, 0.25) is 5.91 Å². The van der Waals surface area contributed by atoms with E-state index in [-0.39, 0.29) is 17.9 Å². The minimum Gasteiger partial charge on any atom is -0.350 e. The maximum atomic E-state index is 13.2. The van der Waals surface area contributed by atoms with Crippen LogP contribution < -0.4 is 5.32 Å². The molecule has 2 atom stereocenters. The Bertz CT molecular complexity index is 1020. The molecule has 8 nitrogen and oxygen atoms in total. The molecule has 3 heterocycles. The van der Waals surface area contributed by atoms with Crippen LogP contribution in [-0.2, 0) is 11.3 Å². The zero-order valence-electron chi connectivity index (χ0n) is 17.3. The highest BCUT2D eigenvalue weighted by molar-refractivity contribution is 5.93. The number of benzene rings is 1. The molecular weight excluding hydrogens is 392 g/mol. The minimum absolute atomic E-state index is 0.0380. The van der Waals surface area contributed by atoms with Gasteiger partial charge in [0.05, 0.1) is 18.0 Å². The summed E-state index contributed by atoms with van der Waals surface area (Å²) < 4.78 is 0. The van der Waals surface area contributed by atoms with E-state index in [0.29, 0.717) is 25.2 Å². The number of carbonyl (C=O) groups excluding carboxylic acids is 2. The van der Waals surface area contributed by atoms with E-state index in [4.69, 9.17) is 0 Å². The van der Waals surface area contributed by atoms with Crippen molar-refractivity contribution < 1.29 is 9.59 Å². The normalized spacial score (nSPS) is 19.3. The van der Waals surface area contributed by atoms with Gasteiger partial charge in [0, 0.05) is 45.1 Å². The standard InChI is InChI=1S/C23H24N6O2/c1-28-16-20(14-25-22(30)19-9-11-26-27-13-19)29(15-17-6-5-10-24-12-17)21(23(28)31)18-7-3-2-4-8-18/h2-13,20-21H,14-16H2,1H3,(H,25,30)/t20-,21+/m1/s1. The fourth-order valence-corrected chi connectivity index (χ4v) is 3.88. The van der Waals surface area contributed by atoms with E-state index >= 15 is 0 Å². The Hall–Kier alpha value is -3.65. The van der Waals surface area contributed by atoms with E-state index in [9.17, 15) is 9.59 Å². The monoisotopic (exact) mass is 416 g/mol. The number of piperazine rings is 1. The summed E-state index contributed by atoms with van der Waals surface area (Å²) >= 11 is 0. The van der Waals surface area contributed by atoms with Gasteiger partial charge in [-0.15, -0.1) is 0 Å². The smallest absolute Gasteiger partial charge is 0.253 e. The summed E-state index contributed by atoms with van der Waals surface area (Å²) in [7, 11) is 1.81. The van der Waals surface area contributed by atoms with Crippen LogP contribution in [-0.4, -0.2) is 63.0 Å². The quantitative estimate of drug-likeness (QED) is 0.658. The third-order valence-electron chi connectivity index (χ3n) is 5.44. The Morgan fingerprint density at radius 3 is 2.61 bits per heavy atom. The Kier molecular flexibility index (Phi) is 6.28. The molecule has 158 valence electrons. The largest absolute Gasteiger partial charge is 0.350 e. The van der Waals surface area contributed by atoms with Gasteiger partial charge in [-0.05, 0) is 23.3 Å². The maximum absolute atomic E-state index is 13.2. The first-order valence-electron chi connectivity index (χ1n) is 10.1. The second-order valence-electron chi connectivity index (χ2n) is 7.56. The van der Waals surface area contributed by atoms with Crippen LogP contribution >= 0.6 is 0 Å². The Balaban J connectivity index is 1.61. The van der Waals surface area contributed by atoms with Crippen molar-refractivity contribution >= 4 is 11.8 Å². The SMILES string of the molecule is CN1C[C@@H](CNC(=O)c2ccnnc2)N(Cc2cccnc2)[C@@H](c2ccccc2)C1=O. The Morgan fingerprint density at radius 2 is 1.90 bits per heavy atom. The van der Waals surface area contributed by atoms with Crippen LogP contribution in [0.4, 0.5) is 0 Å². The van der Waals surface area contributed by atoms with Crippen LogP contribution in [0.1, 0.15) is 27.5 Å². The van der Waals surface area contributed by atoms with Gasteiger partial charge < -0.3 is 10.2 Å². The van der Waals surface area contributed by atoms with Gasteiger partial charge in [0.1, 0.15) is 6.04 Å². The van der Waals surface area contributed by atoms with Crippen LogP contribution in [0.3, 0.4) is 0 Å². The molecule has 1 N–H and O–H groups in total. The molecule has 1 fully saturated rings. The second kappa shape index (κ2) is 9.44. The number of amides is 2. The number of likely N-dealkylation sites (N-methyl/N-ethyl adjacent to an activating group) is 1. The van der Waals surface area contributed by atoms with Crippen molar-refractivity contribution in [2.24, 2.45) is 0 Å². The van der Waals surface area contributed by atoms with E-state index in [0.717, 1.165) is 11.1 Å². The van der Waals surface area contributed by atoms with E-state index in [1.54, 1.807) is 24.2 Å². The fourth-order valence-electron chi connectivity index (χ4n) is 3.88. The van der Waals surface area contributed by atoms with Crippen molar-refractivity contribution in [3.05, 3.63) is 90.0 Å². The van der Waals surface area contributed by atoms with Crippen LogP contribution in [0.15, 0.2) is 73.3 Å². The van der Waals surface area contributed by atoms with Gasteiger partial charge in [-0.2, -0.15) is 10.2 Å². The molecule has 1 aromatic carbocycles. The first-order valence-corrected chi connectivity index (χ1v) is 10.1. The van der Waals surface area contributed by atoms with Crippen molar-refractivity contribution in [3.8, 4) is 0 Å². The molecule has 1 aliphatic heterocycles. The molecule has 0 saturated carbocycles. The maximum Gasteiger partial charge on any atom is 0.253 e. The lowest BCUT2D eigenvalue weighted by Crippen LogP contribution is -2.59. The highest BCUT2D eigenvalue weighted by atomic mass is 16.2. The predicted molar refractivity (Wildman–Crippen MR) is 115 cm³/mol. The summed E-state index contributed by atoms with van der Waals surface area (Å²) in [6.45, 7) is 1.45. The molecular formula is C23H24N6O2. The average Bonchev–Trinajstić information content (AvgIpc) is 2.82. The molecule has 0 unspecified atom stereocenters. The molecule has 0 spiro atoms. The van der Waals surface area contributed by atoms with Crippen molar-refractivity contribution in [2.45, 2.75) is 18.6 Å². The van der Waals surface area contributed by atoms with Gasteiger partial charge in [-0.3, -0.25) is 19.5 Å². The summed E-state index contributed by atoms with van der Waals surface area (Å²) in [6.07, 6.45) is 6.46. The summed E-state index contributed by atoms with van der Waals surface area (Å²) in [5.41, 5.74) is 2.39. The molecule has 8 heteroatoms. The molecule has 0 radical (unpaired) electrons. The Morgan fingerprint density at radius 1 is 1.06 bits per heavy atom. The zero-order chi connectivity index (χ0) is 21.6. The van der Waals surface area contributed by atoms with Crippen LogP contribution in [0.2, 0.25) is 0 Å². The van der Waals surface area contributed by atoms with E-state index in [2.05, 4.69) is 25.4 Å². The topological polar surface area (TPSA) is 91.3 Å². The predicted octanol–water partition coefficient (Wildman–Crippen LogP) is 1.69. The first-order chi connectivity index (χ1) is 15.1. The summed E-state index contributed by atoms with van der Waals surface area (Å²) in [4.78, 5) is 33.9. The number of nitrogens with one attached hydrogen (secondary N) is 1. The number of nitrogens with zero attached hydrogens (tertiary/aromatic N) is 5. The highest BCUT2D eigenvalue weighted by Gasteiger charge is 2.40. The third kappa shape index (κ3) is 4.75. The molecule has 4 rings (SSSR count). The minimum atomic E-state index is -0.440. The van der Waals surface area contributed by atoms with Crippen LogP contribution in [0.5, 0.6) is 0 Å². The number of aromatic nitrogens is 3. The Labute approximate surface area is 180 Å². The molecule has 2 amide bonds.